The minimum Gasteiger partial charge on any atom is -0.311 e. The van der Waals surface area contributed by atoms with E-state index >= 15 is 0 Å². The lowest BCUT2D eigenvalue weighted by molar-refractivity contribution is 0.0934. The van der Waals surface area contributed by atoms with Crippen molar-refractivity contribution in [3.8, 4) is 0 Å². The Labute approximate surface area is 108 Å². The molecule has 1 aliphatic heterocycles. The standard InChI is InChI=1S/C14H31N3/c1-6-13(12-15-14(3,4)5)17-10-8-16(7-2)9-11-17/h13,15H,6-12H2,1-5H3. The summed E-state index contributed by atoms with van der Waals surface area (Å²) >= 11 is 0. The number of nitrogens with zero attached hydrogens (tertiary/aromatic N) is 2. The van der Waals surface area contributed by atoms with E-state index in [4.69, 9.17) is 0 Å². The second-order valence-electron chi connectivity index (χ2n) is 6.16. The van der Waals surface area contributed by atoms with Gasteiger partial charge in [0, 0.05) is 44.3 Å². The first kappa shape index (κ1) is 14.9. The fourth-order valence-electron chi connectivity index (χ4n) is 2.40. The van der Waals surface area contributed by atoms with Gasteiger partial charge in [0.1, 0.15) is 0 Å². The monoisotopic (exact) mass is 241 g/mol. The van der Waals surface area contributed by atoms with Gasteiger partial charge in [-0.15, -0.1) is 0 Å². The third kappa shape index (κ3) is 5.36. The summed E-state index contributed by atoms with van der Waals surface area (Å²) in [5.41, 5.74) is 0.235. The van der Waals surface area contributed by atoms with E-state index in [1.165, 1.54) is 39.1 Å². The van der Waals surface area contributed by atoms with Crippen molar-refractivity contribution in [1.29, 1.82) is 0 Å². The van der Waals surface area contributed by atoms with Crippen LogP contribution in [0.25, 0.3) is 0 Å². The van der Waals surface area contributed by atoms with E-state index in [2.05, 4.69) is 49.7 Å². The molecule has 1 fully saturated rings. The lowest BCUT2D eigenvalue weighted by atomic mass is 10.1. The van der Waals surface area contributed by atoms with Gasteiger partial charge in [-0.2, -0.15) is 0 Å². The predicted octanol–water partition coefficient (Wildman–Crippen LogP) is 1.79. The van der Waals surface area contributed by atoms with Crippen molar-refractivity contribution in [1.82, 2.24) is 15.1 Å². The van der Waals surface area contributed by atoms with E-state index in [0.717, 1.165) is 6.54 Å². The van der Waals surface area contributed by atoms with Crippen molar-refractivity contribution in [3.05, 3.63) is 0 Å². The zero-order chi connectivity index (χ0) is 12.9. The molecular formula is C14H31N3. The SMILES string of the molecule is CCC(CNC(C)(C)C)N1CCN(CC)CC1. The van der Waals surface area contributed by atoms with Gasteiger partial charge < -0.3 is 10.2 Å². The van der Waals surface area contributed by atoms with Crippen LogP contribution in [0.2, 0.25) is 0 Å². The van der Waals surface area contributed by atoms with Crippen LogP contribution in [0.1, 0.15) is 41.0 Å². The molecule has 1 unspecified atom stereocenters. The van der Waals surface area contributed by atoms with Gasteiger partial charge in [-0.3, -0.25) is 4.90 Å². The lowest BCUT2D eigenvalue weighted by Crippen LogP contribution is -2.54. The molecule has 3 heteroatoms. The van der Waals surface area contributed by atoms with Crippen LogP contribution >= 0.6 is 0 Å². The normalized spacial score (nSPS) is 21.7. The molecule has 0 aromatic carbocycles. The minimum atomic E-state index is 0.235. The molecule has 0 saturated carbocycles. The average molecular weight is 241 g/mol. The summed E-state index contributed by atoms with van der Waals surface area (Å²) in [6, 6.07) is 0.702. The summed E-state index contributed by atoms with van der Waals surface area (Å²) in [5, 5.41) is 3.64. The van der Waals surface area contributed by atoms with Crippen molar-refractivity contribution >= 4 is 0 Å². The Kier molecular flexibility index (Phi) is 5.90. The topological polar surface area (TPSA) is 18.5 Å². The molecule has 0 radical (unpaired) electrons. The first-order valence-corrected chi connectivity index (χ1v) is 7.17. The highest BCUT2D eigenvalue weighted by atomic mass is 15.3. The van der Waals surface area contributed by atoms with Gasteiger partial charge >= 0.3 is 0 Å². The van der Waals surface area contributed by atoms with Crippen LogP contribution in [-0.4, -0.2) is 60.6 Å². The minimum absolute atomic E-state index is 0.235. The van der Waals surface area contributed by atoms with Gasteiger partial charge in [0.25, 0.3) is 0 Å². The van der Waals surface area contributed by atoms with Crippen LogP contribution in [0.15, 0.2) is 0 Å². The van der Waals surface area contributed by atoms with E-state index in [9.17, 15) is 0 Å². The molecule has 1 N–H and O–H groups in total. The number of piperazine rings is 1. The van der Waals surface area contributed by atoms with Crippen molar-refractivity contribution in [2.24, 2.45) is 0 Å². The maximum absolute atomic E-state index is 3.64. The second kappa shape index (κ2) is 6.72. The molecule has 3 nitrogen and oxygen atoms in total. The molecule has 1 atom stereocenters. The Morgan fingerprint density at radius 2 is 1.65 bits per heavy atom. The molecule has 0 aromatic rings. The van der Waals surface area contributed by atoms with Crippen LogP contribution in [0.5, 0.6) is 0 Å². The van der Waals surface area contributed by atoms with E-state index in [1.807, 2.05) is 0 Å². The molecule has 0 amide bonds. The molecule has 0 aromatic heterocycles. The zero-order valence-electron chi connectivity index (χ0n) is 12.4. The molecule has 1 saturated heterocycles. The summed E-state index contributed by atoms with van der Waals surface area (Å²) in [6.07, 6.45) is 1.25. The molecule has 1 heterocycles. The molecule has 0 aliphatic carbocycles. The van der Waals surface area contributed by atoms with Crippen molar-refractivity contribution < 1.29 is 0 Å². The lowest BCUT2D eigenvalue weighted by Gasteiger charge is -2.39. The number of likely N-dealkylation sites (N-methyl/N-ethyl adjacent to an activating group) is 1. The Balaban J connectivity index is 2.35. The summed E-state index contributed by atoms with van der Waals surface area (Å²) in [7, 11) is 0. The number of hydrogen-bond donors (Lipinski definition) is 1. The van der Waals surface area contributed by atoms with Crippen molar-refractivity contribution in [3.63, 3.8) is 0 Å². The molecule has 0 bridgehead atoms. The second-order valence-corrected chi connectivity index (χ2v) is 6.16. The van der Waals surface area contributed by atoms with Crippen molar-refractivity contribution in [2.75, 3.05) is 39.3 Å². The Morgan fingerprint density at radius 1 is 1.06 bits per heavy atom. The average Bonchev–Trinajstić information content (AvgIpc) is 2.29. The summed E-state index contributed by atoms with van der Waals surface area (Å²) in [5.74, 6) is 0. The van der Waals surface area contributed by atoms with Gasteiger partial charge in [-0.05, 0) is 33.7 Å². The van der Waals surface area contributed by atoms with E-state index in [1.54, 1.807) is 0 Å². The smallest absolute Gasteiger partial charge is 0.0219 e. The fraction of sp³-hybridized carbons (Fsp3) is 1.00. The number of rotatable bonds is 5. The van der Waals surface area contributed by atoms with Crippen LogP contribution in [0, 0.1) is 0 Å². The third-order valence-corrected chi connectivity index (χ3v) is 3.71. The maximum atomic E-state index is 3.64. The highest BCUT2D eigenvalue weighted by molar-refractivity contribution is 4.81. The van der Waals surface area contributed by atoms with Gasteiger partial charge in [-0.25, -0.2) is 0 Å². The zero-order valence-corrected chi connectivity index (χ0v) is 12.4. The first-order valence-electron chi connectivity index (χ1n) is 7.17. The predicted molar refractivity (Wildman–Crippen MR) is 75.5 cm³/mol. The molecule has 17 heavy (non-hydrogen) atoms. The van der Waals surface area contributed by atoms with E-state index in [0.29, 0.717) is 6.04 Å². The Bertz CT molecular complexity index is 202. The molecule has 1 aliphatic rings. The van der Waals surface area contributed by atoms with Crippen LogP contribution in [0.3, 0.4) is 0 Å². The largest absolute Gasteiger partial charge is 0.311 e. The molecule has 102 valence electrons. The van der Waals surface area contributed by atoms with Gasteiger partial charge in [0.05, 0.1) is 0 Å². The molecule has 0 spiro atoms. The third-order valence-electron chi connectivity index (χ3n) is 3.71. The quantitative estimate of drug-likeness (QED) is 0.792. The maximum Gasteiger partial charge on any atom is 0.0219 e. The van der Waals surface area contributed by atoms with E-state index < -0.39 is 0 Å². The van der Waals surface area contributed by atoms with Gasteiger partial charge in [-0.1, -0.05) is 13.8 Å². The van der Waals surface area contributed by atoms with Crippen LogP contribution < -0.4 is 5.32 Å². The Hall–Kier alpha value is -0.120. The van der Waals surface area contributed by atoms with Crippen LogP contribution in [-0.2, 0) is 0 Å². The summed E-state index contributed by atoms with van der Waals surface area (Å²) in [4.78, 5) is 5.20. The molecule has 1 rings (SSSR count). The number of hydrogen-bond acceptors (Lipinski definition) is 3. The fourth-order valence-corrected chi connectivity index (χ4v) is 2.40. The van der Waals surface area contributed by atoms with Gasteiger partial charge in [0.15, 0.2) is 0 Å². The highest BCUT2D eigenvalue weighted by Crippen LogP contribution is 2.10. The summed E-state index contributed by atoms with van der Waals surface area (Å²) in [6.45, 7) is 18.6. The van der Waals surface area contributed by atoms with E-state index in [-0.39, 0.29) is 5.54 Å². The van der Waals surface area contributed by atoms with Gasteiger partial charge in [0.2, 0.25) is 0 Å². The number of nitrogens with one attached hydrogen (secondary N) is 1. The molecular weight excluding hydrogens is 210 g/mol. The first-order chi connectivity index (χ1) is 7.96. The van der Waals surface area contributed by atoms with Crippen LogP contribution in [0.4, 0.5) is 0 Å². The summed E-state index contributed by atoms with van der Waals surface area (Å²) < 4.78 is 0. The Morgan fingerprint density at radius 3 is 2.06 bits per heavy atom. The van der Waals surface area contributed by atoms with Crippen molar-refractivity contribution in [2.45, 2.75) is 52.6 Å². The highest BCUT2D eigenvalue weighted by Gasteiger charge is 2.23.